The number of likely N-dealkylation sites (N-methyl/N-ethyl adjacent to an activating group) is 2. The first-order chi connectivity index (χ1) is 22.6. The minimum Gasteiger partial charge on any atom is -0.379 e. The minimum absolute atomic E-state index is 0.146. The third-order valence-electron chi connectivity index (χ3n) is 8.26. The van der Waals surface area contributed by atoms with Crippen LogP contribution in [0.1, 0.15) is 18.2 Å². The standard InChI is InChI=1S/C29H33F7N6O4S2/c1-5-42-26(37-21-12-15(2)38-39-21)25(45-4)27(41-8-10-46-11-9-41)40(3)28(42)47-20-7-6-16(13-17(20)30)48(43,44)29(35,36)22-23(33)18(31)14-19(32)24(22)34/h6-7,12-14,25-28H,5,8-11H2,1-4H3,(H2,37,38,39). The van der Waals surface area contributed by atoms with Gasteiger partial charge in [-0.1, -0.05) is 18.7 Å². The zero-order valence-electron chi connectivity index (χ0n) is 26.1. The van der Waals surface area contributed by atoms with Gasteiger partial charge in [-0.2, -0.15) is 13.9 Å². The second-order valence-electron chi connectivity index (χ2n) is 11.2. The molecule has 2 N–H and O–H groups in total. The molecule has 2 aliphatic heterocycles. The van der Waals surface area contributed by atoms with Crippen LogP contribution in [0.4, 0.5) is 36.6 Å². The van der Waals surface area contributed by atoms with Crippen molar-refractivity contribution in [3.63, 3.8) is 0 Å². The van der Waals surface area contributed by atoms with Gasteiger partial charge in [0.25, 0.3) is 0 Å². The molecule has 264 valence electrons. The molecule has 4 unspecified atom stereocenters. The van der Waals surface area contributed by atoms with Crippen LogP contribution in [0.2, 0.25) is 0 Å². The summed E-state index contributed by atoms with van der Waals surface area (Å²) in [6.07, 6.45) is -1.38. The molecule has 4 atom stereocenters. The number of halogens is 7. The fourth-order valence-corrected chi connectivity index (χ4v) is 8.43. The van der Waals surface area contributed by atoms with E-state index in [0.29, 0.717) is 44.7 Å². The highest BCUT2D eigenvalue weighted by molar-refractivity contribution is 7.99. The highest BCUT2D eigenvalue weighted by Crippen LogP contribution is 2.44. The smallest absolute Gasteiger partial charge is 0.379 e. The van der Waals surface area contributed by atoms with Crippen LogP contribution in [0.3, 0.4) is 0 Å². The number of hydrogen-bond donors (Lipinski definition) is 2. The largest absolute Gasteiger partial charge is 0.381 e. The molecule has 2 aliphatic rings. The number of thioether (sulfide) groups is 1. The predicted molar refractivity (Wildman–Crippen MR) is 161 cm³/mol. The fraction of sp³-hybridized carbons (Fsp3) is 0.483. The van der Waals surface area contributed by atoms with Gasteiger partial charge in [-0.05, 0) is 38.7 Å². The number of sulfone groups is 1. The summed E-state index contributed by atoms with van der Waals surface area (Å²) in [4.78, 5) is 4.56. The van der Waals surface area contributed by atoms with E-state index in [1.54, 1.807) is 20.2 Å². The molecule has 0 radical (unpaired) electrons. The van der Waals surface area contributed by atoms with Crippen molar-refractivity contribution in [2.75, 3.05) is 52.3 Å². The number of aryl methyl sites for hydroxylation is 1. The van der Waals surface area contributed by atoms with E-state index in [0.717, 1.165) is 23.5 Å². The van der Waals surface area contributed by atoms with Gasteiger partial charge < -0.3 is 14.8 Å². The number of morpholine rings is 1. The second-order valence-corrected chi connectivity index (χ2v) is 14.3. The Labute approximate surface area is 276 Å². The third kappa shape index (κ3) is 6.52. The predicted octanol–water partition coefficient (Wildman–Crippen LogP) is 4.69. The van der Waals surface area contributed by atoms with Crippen LogP contribution < -0.4 is 5.32 Å². The Morgan fingerprint density at radius 3 is 2.25 bits per heavy atom. The van der Waals surface area contributed by atoms with Gasteiger partial charge in [0.15, 0.2) is 23.3 Å². The van der Waals surface area contributed by atoms with E-state index in [-0.39, 0.29) is 23.2 Å². The van der Waals surface area contributed by atoms with Crippen molar-refractivity contribution in [3.8, 4) is 0 Å². The average Bonchev–Trinajstić information content (AvgIpc) is 3.46. The highest BCUT2D eigenvalue weighted by Gasteiger charge is 2.54. The molecule has 3 heterocycles. The van der Waals surface area contributed by atoms with Crippen molar-refractivity contribution in [2.24, 2.45) is 0 Å². The number of hydrogen-bond acceptors (Lipinski definition) is 10. The van der Waals surface area contributed by atoms with Crippen LogP contribution in [0.5, 0.6) is 0 Å². The van der Waals surface area contributed by atoms with E-state index >= 15 is 13.2 Å². The maximum atomic E-state index is 15.7. The Balaban J connectivity index is 1.50. The summed E-state index contributed by atoms with van der Waals surface area (Å²) in [6, 6.07) is 3.32. The number of rotatable bonds is 10. The molecule has 0 bridgehead atoms. The topological polar surface area (TPSA) is 103 Å². The van der Waals surface area contributed by atoms with E-state index in [4.69, 9.17) is 9.47 Å². The van der Waals surface area contributed by atoms with Crippen molar-refractivity contribution in [1.29, 1.82) is 0 Å². The molecule has 0 aliphatic carbocycles. The lowest BCUT2D eigenvalue weighted by Gasteiger charge is -2.56. The second kappa shape index (κ2) is 14.1. The van der Waals surface area contributed by atoms with Crippen molar-refractivity contribution >= 4 is 27.4 Å². The molecule has 3 aromatic rings. The summed E-state index contributed by atoms with van der Waals surface area (Å²) < 4.78 is 139. The van der Waals surface area contributed by atoms with Gasteiger partial charge in [0.1, 0.15) is 35.0 Å². The maximum Gasteiger partial charge on any atom is 0.381 e. The van der Waals surface area contributed by atoms with Gasteiger partial charge in [0.05, 0.1) is 24.3 Å². The van der Waals surface area contributed by atoms with Gasteiger partial charge in [-0.3, -0.25) is 19.8 Å². The lowest BCUT2D eigenvalue weighted by atomic mass is 10.1. The van der Waals surface area contributed by atoms with Crippen LogP contribution >= 0.6 is 11.8 Å². The summed E-state index contributed by atoms with van der Waals surface area (Å²) in [5.74, 6) is -10.3. The Morgan fingerprint density at radius 2 is 1.71 bits per heavy atom. The molecule has 5 rings (SSSR count). The molecule has 2 saturated heterocycles. The molecular weight excluding hydrogens is 693 g/mol. The van der Waals surface area contributed by atoms with Crippen LogP contribution in [0, 0.1) is 36.0 Å². The van der Waals surface area contributed by atoms with Crippen molar-refractivity contribution < 1.29 is 48.6 Å². The minimum atomic E-state index is -6.12. The number of methoxy groups -OCH3 is 1. The maximum absolute atomic E-state index is 15.7. The quantitative estimate of drug-likeness (QED) is 0.226. The normalized spacial score (nSPS) is 23.5. The number of aromatic amines is 1. The monoisotopic (exact) mass is 726 g/mol. The number of H-pyrrole nitrogens is 1. The lowest BCUT2D eigenvalue weighted by molar-refractivity contribution is -0.163. The Bertz CT molecular complexity index is 1720. The summed E-state index contributed by atoms with van der Waals surface area (Å²) in [5.41, 5.74) is -2.49. The first-order valence-electron chi connectivity index (χ1n) is 14.7. The van der Waals surface area contributed by atoms with E-state index in [1.165, 1.54) is 0 Å². The van der Waals surface area contributed by atoms with E-state index in [2.05, 4.69) is 20.4 Å². The molecular formula is C29H33F7N6O4S2. The average molecular weight is 727 g/mol. The highest BCUT2D eigenvalue weighted by atomic mass is 32.2. The number of aromatic nitrogens is 2. The SMILES string of the molecule is CCN1C(Nc2cc(C)[nH]n2)C(OC)C(N2CCOCC2)N(C)C1Sc1ccc(S(=O)(=O)C(F)(F)c2c(F)c(F)cc(F)c2F)cc1F. The molecule has 10 nitrogen and oxygen atoms in total. The lowest BCUT2D eigenvalue weighted by Crippen LogP contribution is -2.73. The van der Waals surface area contributed by atoms with E-state index < -0.39 is 72.4 Å². The van der Waals surface area contributed by atoms with Gasteiger partial charge in [0, 0.05) is 42.9 Å². The van der Waals surface area contributed by atoms with Gasteiger partial charge in [-0.15, -0.1) is 0 Å². The summed E-state index contributed by atoms with van der Waals surface area (Å²) in [6.45, 7) is 6.18. The molecule has 2 fully saturated rings. The Morgan fingerprint density at radius 1 is 1.06 bits per heavy atom. The summed E-state index contributed by atoms with van der Waals surface area (Å²) in [7, 11) is -2.74. The van der Waals surface area contributed by atoms with Crippen LogP contribution in [0.25, 0.3) is 0 Å². The summed E-state index contributed by atoms with van der Waals surface area (Å²) in [5, 5.41) is 5.04. The number of ether oxygens (including phenoxy) is 2. The van der Waals surface area contributed by atoms with E-state index in [9.17, 15) is 26.0 Å². The number of nitrogens with one attached hydrogen (secondary N) is 2. The molecule has 2 aromatic carbocycles. The number of alkyl halides is 2. The van der Waals surface area contributed by atoms with Crippen LogP contribution in [-0.2, 0) is 24.6 Å². The molecule has 48 heavy (non-hydrogen) atoms. The van der Waals surface area contributed by atoms with Gasteiger partial charge in [0.2, 0.25) is 9.84 Å². The van der Waals surface area contributed by atoms with Gasteiger partial charge in [-0.25, -0.2) is 30.4 Å². The van der Waals surface area contributed by atoms with Crippen LogP contribution in [-0.4, -0.2) is 104 Å². The van der Waals surface area contributed by atoms with E-state index in [1.807, 2.05) is 23.6 Å². The molecule has 1 aromatic heterocycles. The number of nitrogens with zero attached hydrogens (tertiary/aromatic N) is 4. The third-order valence-corrected chi connectivity index (χ3v) is 11.4. The zero-order valence-corrected chi connectivity index (χ0v) is 27.7. The number of anilines is 1. The first-order valence-corrected chi connectivity index (χ1v) is 17.0. The molecule has 0 spiro atoms. The van der Waals surface area contributed by atoms with Gasteiger partial charge >= 0.3 is 5.25 Å². The van der Waals surface area contributed by atoms with Crippen LogP contribution in [0.15, 0.2) is 40.1 Å². The molecule has 19 heteroatoms. The number of benzene rings is 2. The molecule has 0 saturated carbocycles. The Hall–Kier alpha value is -2.94. The first kappa shape index (κ1) is 36.3. The summed E-state index contributed by atoms with van der Waals surface area (Å²) >= 11 is 0.957. The Kier molecular flexibility index (Phi) is 10.7. The molecule has 0 amide bonds. The zero-order chi connectivity index (χ0) is 35.1. The fourth-order valence-electron chi connectivity index (χ4n) is 5.92. The van der Waals surface area contributed by atoms with Crippen molar-refractivity contribution in [1.82, 2.24) is 24.9 Å². The van der Waals surface area contributed by atoms with Crippen molar-refractivity contribution in [3.05, 3.63) is 70.7 Å². The van der Waals surface area contributed by atoms with Crippen molar-refractivity contribution in [2.45, 2.75) is 52.8 Å².